The molecule has 1 heterocycles. The Hall–Kier alpha value is -0.740. The van der Waals surface area contributed by atoms with Crippen LogP contribution in [-0.4, -0.2) is 0 Å². The normalized spacial score (nSPS) is 17.3. The average Bonchev–Trinajstić information content (AvgIpc) is 2.60. The first-order chi connectivity index (χ1) is 6.20. The SMILES string of the molecule is CC1=[C]CC=C1c1c(C)ccp1C. The van der Waals surface area contributed by atoms with Gasteiger partial charge in [-0.25, -0.2) is 0 Å². The lowest BCUT2D eigenvalue weighted by Gasteiger charge is -2.06. The van der Waals surface area contributed by atoms with Crippen LogP contribution in [0.1, 0.15) is 24.2 Å². The van der Waals surface area contributed by atoms with Gasteiger partial charge in [0.15, 0.2) is 0 Å². The van der Waals surface area contributed by atoms with E-state index in [1.807, 2.05) is 0 Å². The van der Waals surface area contributed by atoms with Crippen LogP contribution in [0.25, 0.3) is 5.57 Å². The van der Waals surface area contributed by atoms with Crippen molar-refractivity contribution in [3.63, 3.8) is 0 Å². The molecule has 1 aromatic rings. The number of hydrogen-bond acceptors (Lipinski definition) is 0. The van der Waals surface area contributed by atoms with Crippen molar-refractivity contribution in [1.82, 2.24) is 0 Å². The molecule has 1 unspecified atom stereocenters. The Kier molecular flexibility index (Phi) is 2.17. The first-order valence-electron chi connectivity index (χ1n) is 4.60. The van der Waals surface area contributed by atoms with Crippen LogP contribution >= 0.6 is 7.53 Å². The summed E-state index contributed by atoms with van der Waals surface area (Å²) >= 11 is 0. The van der Waals surface area contributed by atoms with Crippen molar-refractivity contribution in [1.29, 1.82) is 0 Å². The van der Waals surface area contributed by atoms with E-state index in [4.69, 9.17) is 0 Å². The Bertz CT molecular complexity index is 372. The van der Waals surface area contributed by atoms with E-state index < -0.39 is 0 Å². The second kappa shape index (κ2) is 3.20. The van der Waals surface area contributed by atoms with Gasteiger partial charge >= 0.3 is 0 Å². The highest BCUT2D eigenvalue weighted by Gasteiger charge is 2.13. The van der Waals surface area contributed by atoms with Gasteiger partial charge in [-0.1, -0.05) is 12.1 Å². The molecular weight excluding hydrogens is 175 g/mol. The highest BCUT2D eigenvalue weighted by atomic mass is 31.1. The highest BCUT2D eigenvalue weighted by molar-refractivity contribution is 7.48. The maximum absolute atomic E-state index is 3.36. The van der Waals surface area contributed by atoms with E-state index in [0.717, 1.165) is 6.42 Å². The molecule has 1 aromatic heterocycles. The Balaban J connectivity index is 2.52. The van der Waals surface area contributed by atoms with Crippen LogP contribution in [0, 0.1) is 13.0 Å². The van der Waals surface area contributed by atoms with Crippen molar-refractivity contribution in [2.24, 2.45) is 6.66 Å². The van der Waals surface area contributed by atoms with Crippen molar-refractivity contribution in [2.75, 3.05) is 0 Å². The summed E-state index contributed by atoms with van der Waals surface area (Å²) in [4.78, 5) is 0. The molecule has 0 N–H and O–H groups in total. The first kappa shape index (κ1) is 8.84. The standard InChI is InChI=1S/C12H14P/c1-9-5-4-6-11(9)12-10(2)7-8-13(12)3/h6-8H,4H2,1-3H3. The molecule has 13 heavy (non-hydrogen) atoms. The molecular formula is C12H14P. The molecule has 1 aliphatic rings. The fourth-order valence-corrected chi connectivity index (χ4v) is 3.75. The molecule has 1 atom stereocenters. The molecule has 2 rings (SSSR count). The number of rotatable bonds is 1. The van der Waals surface area contributed by atoms with Crippen LogP contribution in [0.5, 0.6) is 0 Å². The summed E-state index contributed by atoms with van der Waals surface area (Å²) in [7, 11) is -0.0355. The summed E-state index contributed by atoms with van der Waals surface area (Å²) in [6, 6.07) is 2.26. The van der Waals surface area contributed by atoms with Gasteiger partial charge < -0.3 is 0 Å². The zero-order valence-electron chi connectivity index (χ0n) is 8.39. The summed E-state index contributed by atoms with van der Waals surface area (Å²) in [5.74, 6) is 2.34. The lowest BCUT2D eigenvalue weighted by Crippen LogP contribution is -1.81. The van der Waals surface area contributed by atoms with Gasteiger partial charge in [0.1, 0.15) is 0 Å². The predicted molar refractivity (Wildman–Crippen MR) is 59.9 cm³/mol. The Morgan fingerprint density at radius 1 is 1.38 bits per heavy atom. The van der Waals surface area contributed by atoms with Crippen molar-refractivity contribution < 1.29 is 0 Å². The summed E-state index contributed by atoms with van der Waals surface area (Å²) in [5, 5.41) is 1.57. The van der Waals surface area contributed by atoms with Gasteiger partial charge in [-0.05, 0) is 55.5 Å². The zero-order valence-corrected chi connectivity index (χ0v) is 9.28. The molecule has 1 radical (unpaired) electrons. The Morgan fingerprint density at radius 2 is 2.15 bits per heavy atom. The second-order valence-electron chi connectivity index (χ2n) is 3.58. The van der Waals surface area contributed by atoms with Crippen LogP contribution in [0.2, 0.25) is 0 Å². The first-order valence-corrected chi connectivity index (χ1v) is 6.46. The summed E-state index contributed by atoms with van der Waals surface area (Å²) in [6.45, 7) is 6.70. The van der Waals surface area contributed by atoms with E-state index in [9.17, 15) is 0 Å². The predicted octanol–water partition coefficient (Wildman–Crippen LogP) is 4.06. The molecule has 0 bridgehead atoms. The monoisotopic (exact) mass is 189 g/mol. The highest BCUT2D eigenvalue weighted by Crippen LogP contribution is 2.43. The lowest BCUT2D eigenvalue weighted by atomic mass is 10.1. The molecule has 1 heteroatoms. The number of hydrogen-bond donors (Lipinski definition) is 0. The molecule has 1 aliphatic carbocycles. The van der Waals surface area contributed by atoms with E-state index >= 15 is 0 Å². The fourth-order valence-electron chi connectivity index (χ4n) is 1.89. The van der Waals surface area contributed by atoms with Crippen LogP contribution in [-0.2, 0) is 6.66 Å². The quantitative estimate of drug-likeness (QED) is 0.625. The molecule has 0 fully saturated rings. The minimum atomic E-state index is -0.0355. The van der Waals surface area contributed by atoms with Gasteiger partial charge in [0.25, 0.3) is 0 Å². The van der Waals surface area contributed by atoms with Crippen molar-refractivity contribution in [3.05, 3.63) is 40.4 Å². The van der Waals surface area contributed by atoms with Crippen molar-refractivity contribution >= 4 is 13.1 Å². The topological polar surface area (TPSA) is 0 Å². The van der Waals surface area contributed by atoms with Crippen LogP contribution in [0.4, 0.5) is 0 Å². The smallest absolute Gasteiger partial charge is 0.00378 e. The molecule has 0 aromatic carbocycles. The lowest BCUT2D eigenvalue weighted by molar-refractivity contribution is 1.36. The van der Waals surface area contributed by atoms with Gasteiger partial charge in [0, 0.05) is 5.30 Å². The van der Waals surface area contributed by atoms with Crippen molar-refractivity contribution in [2.45, 2.75) is 20.3 Å². The van der Waals surface area contributed by atoms with E-state index in [1.54, 1.807) is 5.30 Å². The summed E-state index contributed by atoms with van der Waals surface area (Å²) < 4.78 is 0. The Labute approximate surface area is 81.0 Å². The molecule has 0 saturated carbocycles. The van der Waals surface area contributed by atoms with E-state index in [0.29, 0.717) is 0 Å². The largest absolute Gasteiger partial charge is 0.120 e. The molecule has 0 aliphatic heterocycles. The minimum absolute atomic E-state index is 0.0355. The third-order valence-corrected chi connectivity index (χ3v) is 4.50. The van der Waals surface area contributed by atoms with Crippen LogP contribution in [0.3, 0.4) is 0 Å². The summed E-state index contributed by atoms with van der Waals surface area (Å²) in [6.07, 6.45) is 6.67. The van der Waals surface area contributed by atoms with Crippen LogP contribution in [0.15, 0.2) is 23.5 Å². The third-order valence-electron chi connectivity index (χ3n) is 2.61. The second-order valence-corrected chi connectivity index (χ2v) is 5.55. The van der Waals surface area contributed by atoms with Gasteiger partial charge in [0.2, 0.25) is 0 Å². The average molecular weight is 189 g/mol. The van der Waals surface area contributed by atoms with Gasteiger partial charge in [-0.15, -0.1) is 7.53 Å². The molecule has 0 amide bonds. The summed E-state index contributed by atoms with van der Waals surface area (Å²) in [5.41, 5.74) is 4.24. The third kappa shape index (κ3) is 1.40. The Morgan fingerprint density at radius 3 is 2.62 bits per heavy atom. The van der Waals surface area contributed by atoms with Crippen LogP contribution < -0.4 is 0 Å². The van der Waals surface area contributed by atoms with Gasteiger partial charge in [0.05, 0.1) is 0 Å². The minimum Gasteiger partial charge on any atom is -0.120 e. The van der Waals surface area contributed by atoms with E-state index in [1.165, 1.54) is 16.7 Å². The molecule has 0 spiro atoms. The molecule has 0 nitrogen and oxygen atoms in total. The van der Waals surface area contributed by atoms with E-state index in [-0.39, 0.29) is 7.53 Å². The number of aryl methyl sites for hydroxylation is 2. The number of allylic oxidation sites excluding steroid dienone is 4. The zero-order chi connectivity index (χ0) is 9.42. The maximum atomic E-state index is 3.36. The van der Waals surface area contributed by atoms with Gasteiger partial charge in [-0.3, -0.25) is 0 Å². The maximum Gasteiger partial charge on any atom is 0.00378 e. The molecule has 0 saturated heterocycles. The fraction of sp³-hybridized carbons (Fsp3) is 0.333. The molecule has 67 valence electrons. The van der Waals surface area contributed by atoms with E-state index in [2.05, 4.69) is 44.5 Å². The van der Waals surface area contributed by atoms with Gasteiger partial charge in [-0.2, -0.15) is 0 Å². The van der Waals surface area contributed by atoms with Crippen molar-refractivity contribution in [3.8, 4) is 0 Å².